The van der Waals surface area contributed by atoms with E-state index in [2.05, 4.69) is 15.5 Å². The first-order valence-corrected chi connectivity index (χ1v) is 5.62. The molecule has 7 heteroatoms. The molecule has 1 unspecified atom stereocenters. The number of aryl methyl sites for hydroxylation is 1. The zero-order valence-corrected chi connectivity index (χ0v) is 10.7. The van der Waals surface area contributed by atoms with Gasteiger partial charge in [0.25, 0.3) is 0 Å². The molecule has 0 aromatic carbocycles. The Hall–Kier alpha value is -2.05. The molecule has 0 aliphatic carbocycles. The van der Waals surface area contributed by atoms with Gasteiger partial charge in [-0.05, 0) is 12.8 Å². The molecule has 0 saturated heterocycles. The van der Waals surface area contributed by atoms with E-state index in [0.717, 1.165) is 0 Å². The molecule has 0 bridgehead atoms. The van der Waals surface area contributed by atoms with Crippen LogP contribution in [0.4, 0.5) is 0 Å². The van der Waals surface area contributed by atoms with Crippen molar-refractivity contribution in [2.75, 3.05) is 0 Å². The van der Waals surface area contributed by atoms with Crippen LogP contribution in [0.3, 0.4) is 0 Å². The zero-order valence-electron chi connectivity index (χ0n) is 10.7. The molecule has 1 atom stereocenters. The molecule has 1 heterocycles. The van der Waals surface area contributed by atoms with Crippen LogP contribution in [0, 0.1) is 18.8 Å². The lowest BCUT2D eigenvalue weighted by Crippen LogP contribution is -2.41. The predicted octanol–water partition coefficient (Wildman–Crippen LogP) is 0.618. The number of amidine groups is 1. The van der Waals surface area contributed by atoms with E-state index in [4.69, 9.17) is 15.4 Å². The zero-order chi connectivity index (χ0) is 13.7. The van der Waals surface area contributed by atoms with Crippen LogP contribution in [0.25, 0.3) is 0 Å². The summed E-state index contributed by atoms with van der Waals surface area (Å²) in [5.41, 5.74) is 5.49. The van der Waals surface area contributed by atoms with E-state index in [-0.39, 0.29) is 24.2 Å². The number of rotatable bonds is 5. The van der Waals surface area contributed by atoms with E-state index in [9.17, 15) is 4.79 Å². The molecule has 1 aromatic rings. The van der Waals surface area contributed by atoms with Gasteiger partial charge in [0.15, 0.2) is 5.84 Å². The smallest absolute Gasteiger partial charge is 0.231 e. The molecule has 0 radical (unpaired) electrons. The Morgan fingerprint density at radius 3 is 2.78 bits per heavy atom. The van der Waals surface area contributed by atoms with Crippen molar-refractivity contribution in [1.29, 1.82) is 0 Å². The quantitative estimate of drug-likeness (QED) is 0.308. The molecule has 0 aliphatic rings. The maximum Gasteiger partial charge on any atom is 0.231 e. The van der Waals surface area contributed by atoms with E-state index < -0.39 is 5.92 Å². The number of carbonyl (C=O) groups excluding carboxylic acids is 1. The molecule has 1 amide bonds. The summed E-state index contributed by atoms with van der Waals surface area (Å²) in [5, 5.41) is 14.2. The van der Waals surface area contributed by atoms with Gasteiger partial charge in [-0.2, -0.15) is 0 Å². The van der Waals surface area contributed by atoms with Gasteiger partial charge < -0.3 is 20.7 Å². The first kappa shape index (κ1) is 14.0. The highest BCUT2D eigenvalue weighted by Crippen LogP contribution is 2.11. The standard InChI is InChI=1S/C11H18N4O3/c1-6(2)9(10(12)15-17)11(16)14-5-8-13-4-7(3)18-8/h4,6,9,17H,5H2,1-3H3,(H2,12,15)(H,14,16). The van der Waals surface area contributed by atoms with Gasteiger partial charge in [0.1, 0.15) is 11.7 Å². The number of nitrogens with zero attached hydrogens (tertiary/aromatic N) is 2. The van der Waals surface area contributed by atoms with Gasteiger partial charge in [0.05, 0.1) is 12.7 Å². The summed E-state index contributed by atoms with van der Waals surface area (Å²) >= 11 is 0. The highest BCUT2D eigenvalue weighted by molar-refractivity contribution is 6.02. The number of aromatic nitrogens is 1. The molecule has 4 N–H and O–H groups in total. The Morgan fingerprint density at radius 2 is 2.33 bits per heavy atom. The molecule has 0 fully saturated rings. The van der Waals surface area contributed by atoms with Crippen LogP contribution in [0.2, 0.25) is 0 Å². The lowest BCUT2D eigenvalue weighted by atomic mass is 9.94. The van der Waals surface area contributed by atoms with Gasteiger partial charge >= 0.3 is 0 Å². The molecule has 0 saturated carbocycles. The normalized spacial score (nSPS) is 13.7. The Morgan fingerprint density at radius 1 is 1.67 bits per heavy atom. The van der Waals surface area contributed by atoms with Crippen LogP contribution in [0.15, 0.2) is 15.8 Å². The molecule has 1 aromatic heterocycles. The number of carbonyl (C=O) groups is 1. The van der Waals surface area contributed by atoms with Crippen molar-refractivity contribution in [1.82, 2.24) is 10.3 Å². The average Bonchev–Trinajstić information content (AvgIpc) is 2.72. The first-order valence-electron chi connectivity index (χ1n) is 5.62. The van der Waals surface area contributed by atoms with E-state index in [1.807, 2.05) is 13.8 Å². The third-order valence-electron chi connectivity index (χ3n) is 2.47. The highest BCUT2D eigenvalue weighted by atomic mass is 16.4. The van der Waals surface area contributed by atoms with Crippen molar-refractivity contribution in [2.24, 2.45) is 22.7 Å². The lowest BCUT2D eigenvalue weighted by molar-refractivity contribution is -0.124. The Labute approximate surface area is 105 Å². The molecule has 100 valence electrons. The second kappa shape index (κ2) is 6.04. The van der Waals surface area contributed by atoms with E-state index >= 15 is 0 Å². The molecular weight excluding hydrogens is 236 g/mol. The SMILES string of the molecule is Cc1cnc(CNC(=O)C(/C(N)=N/O)C(C)C)o1. The van der Waals surface area contributed by atoms with Gasteiger partial charge in [-0.25, -0.2) is 4.98 Å². The fraction of sp³-hybridized carbons (Fsp3) is 0.545. The van der Waals surface area contributed by atoms with Crippen LogP contribution in [0.5, 0.6) is 0 Å². The third kappa shape index (κ3) is 3.47. The summed E-state index contributed by atoms with van der Waals surface area (Å²) in [6.07, 6.45) is 1.57. The Bertz CT molecular complexity index is 439. The molecule has 7 nitrogen and oxygen atoms in total. The summed E-state index contributed by atoms with van der Waals surface area (Å²) in [6.45, 7) is 5.58. The minimum absolute atomic E-state index is 0.0767. The number of nitrogens with one attached hydrogen (secondary N) is 1. The van der Waals surface area contributed by atoms with Crippen LogP contribution >= 0.6 is 0 Å². The summed E-state index contributed by atoms with van der Waals surface area (Å²) in [6, 6.07) is 0. The Balaban J connectivity index is 2.62. The fourth-order valence-electron chi connectivity index (χ4n) is 1.60. The molecule has 18 heavy (non-hydrogen) atoms. The van der Waals surface area contributed by atoms with Gasteiger partial charge in [-0.1, -0.05) is 19.0 Å². The van der Waals surface area contributed by atoms with E-state index in [0.29, 0.717) is 11.7 Å². The molecule has 0 spiro atoms. The maximum absolute atomic E-state index is 11.9. The number of amides is 1. The second-order valence-corrected chi connectivity index (χ2v) is 4.33. The van der Waals surface area contributed by atoms with Crippen molar-refractivity contribution in [3.63, 3.8) is 0 Å². The van der Waals surface area contributed by atoms with Crippen molar-refractivity contribution in [2.45, 2.75) is 27.3 Å². The topological polar surface area (TPSA) is 114 Å². The summed E-state index contributed by atoms with van der Waals surface area (Å²) < 4.78 is 5.22. The first-order chi connectivity index (χ1) is 8.45. The molecular formula is C11H18N4O3. The van der Waals surface area contributed by atoms with Gasteiger partial charge in [-0.15, -0.1) is 0 Å². The largest absolute Gasteiger partial charge is 0.444 e. The van der Waals surface area contributed by atoms with Gasteiger partial charge in [0, 0.05) is 0 Å². The number of oxazole rings is 1. The average molecular weight is 254 g/mol. The molecule has 0 aliphatic heterocycles. The minimum atomic E-state index is -0.675. The van der Waals surface area contributed by atoms with Crippen LogP contribution < -0.4 is 11.1 Å². The summed E-state index contributed by atoms with van der Waals surface area (Å²) in [4.78, 5) is 15.9. The number of nitrogens with two attached hydrogens (primary N) is 1. The summed E-state index contributed by atoms with van der Waals surface area (Å²) in [5.74, 6) is -0.0838. The monoisotopic (exact) mass is 254 g/mol. The van der Waals surface area contributed by atoms with Crippen molar-refractivity contribution in [3.8, 4) is 0 Å². The van der Waals surface area contributed by atoms with Crippen molar-refractivity contribution < 1.29 is 14.4 Å². The van der Waals surface area contributed by atoms with Gasteiger partial charge in [0.2, 0.25) is 11.8 Å². The van der Waals surface area contributed by atoms with Gasteiger partial charge in [-0.3, -0.25) is 4.79 Å². The number of oxime groups is 1. The van der Waals surface area contributed by atoms with Crippen LogP contribution in [-0.4, -0.2) is 21.9 Å². The summed E-state index contributed by atoms with van der Waals surface area (Å²) in [7, 11) is 0. The minimum Gasteiger partial charge on any atom is -0.444 e. The Kier molecular flexibility index (Phi) is 4.70. The third-order valence-corrected chi connectivity index (χ3v) is 2.47. The number of hydrogen-bond acceptors (Lipinski definition) is 5. The van der Waals surface area contributed by atoms with Crippen molar-refractivity contribution >= 4 is 11.7 Å². The van der Waals surface area contributed by atoms with Crippen molar-refractivity contribution in [3.05, 3.63) is 17.8 Å². The van der Waals surface area contributed by atoms with E-state index in [1.165, 1.54) is 0 Å². The maximum atomic E-state index is 11.9. The van der Waals surface area contributed by atoms with Crippen LogP contribution in [0.1, 0.15) is 25.5 Å². The van der Waals surface area contributed by atoms with E-state index in [1.54, 1.807) is 13.1 Å². The highest BCUT2D eigenvalue weighted by Gasteiger charge is 2.26. The lowest BCUT2D eigenvalue weighted by Gasteiger charge is -2.18. The predicted molar refractivity (Wildman–Crippen MR) is 64.8 cm³/mol. The van der Waals surface area contributed by atoms with Crippen LogP contribution in [-0.2, 0) is 11.3 Å². The fourth-order valence-corrected chi connectivity index (χ4v) is 1.60. The second-order valence-electron chi connectivity index (χ2n) is 4.33. The molecule has 1 rings (SSSR count). The number of hydrogen-bond donors (Lipinski definition) is 3.